The number of hydrogen-bond acceptors (Lipinski definition) is 3. The van der Waals surface area contributed by atoms with E-state index in [1.54, 1.807) is 22.6 Å². The zero-order chi connectivity index (χ0) is 7.68. The number of aromatic nitrogens is 3. The van der Waals surface area contributed by atoms with Gasteiger partial charge in [0.25, 0.3) is 0 Å². The van der Waals surface area contributed by atoms with E-state index < -0.39 is 0 Å². The molecular formula is C7H7N3S. The lowest BCUT2D eigenvalue weighted by atomic mass is 10.5. The summed E-state index contributed by atoms with van der Waals surface area (Å²) in [5.74, 6) is 0. The molecule has 0 unspecified atom stereocenters. The van der Waals surface area contributed by atoms with Gasteiger partial charge in [0.1, 0.15) is 6.33 Å². The van der Waals surface area contributed by atoms with Gasteiger partial charge in [-0.1, -0.05) is 0 Å². The van der Waals surface area contributed by atoms with Crippen LogP contribution in [0.3, 0.4) is 0 Å². The quantitative estimate of drug-likeness (QED) is 0.599. The highest BCUT2D eigenvalue weighted by molar-refractivity contribution is 7.98. The van der Waals surface area contributed by atoms with E-state index in [0.29, 0.717) is 0 Å². The predicted octanol–water partition coefficient (Wildman–Crippen LogP) is 1.45. The third kappa shape index (κ3) is 1.09. The first-order valence-electron chi connectivity index (χ1n) is 3.23. The zero-order valence-electron chi connectivity index (χ0n) is 6.06. The highest BCUT2D eigenvalue weighted by Gasteiger charge is 1.94. The van der Waals surface area contributed by atoms with Crippen LogP contribution in [0.5, 0.6) is 0 Å². The maximum atomic E-state index is 4.07. The van der Waals surface area contributed by atoms with Crippen LogP contribution in [-0.4, -0.2) is 20.9 Å². The van der Waals surface area contributed by atoms with Crippen molar-refractivity contribution in [2.24, 2.45) is 0 Å². The third-order valence-corrected chi connectivity index (χ3v) is 2.21. The standard InChI is InChI=1S/C7H7N3S/c1-11-6-2-3-10-7(4-6)8-5-9-10/h2-5H,1H3. The summed E-state index contributed by atoms with van der Waals surface area (Å²) in [5.41, 5.74) is 0.900. The highest BCUT2D eigenvalue weighted by Crippen LogP contribution is 2.14. The number of fused-ring (bicyclic) bond motifs is 1. The van der Waals surface area contributed by atoms with Crippen LogP contribution in [0.1, 0.15) is 0 Å². The molecule has 4 heteroatoms. The number of hydrogen-bond donors (Lipinski definition) is 0. The van der Waals surface area contributed by atoms with Gasteiger partial charge in [-0.05, 0) is 18.4 Å². The first-order chi connectivity index (χ1) is 5.40. The topological polar surface area (TPSA) is 30.2 Å². The molecule has 56 valence electrons. The van der Waals surface area contributed by atoms with E-state index >= 15 is 0 Å². The summed E-state index contributed by atoms with van der Waals surface area (Å²) in [7, 11) is 0. The number of thioether (sulfide) groups is 1. The molecule has 2 heterocycles. The molecule has 0 radical (unpaired) electrons. The van der Waals surface area contributed by atoms with Crippen LogP contribution < -0.4 is 0 Å². The molecule has 0 bridgehead atoms. The Balaban J connectivity index is 2.67. The average Bonchev–Trinajstić information content (AvgIpc) is 2.50. The fourth-order valence-electron chi connectivity index (χ4n) is 0.924. The molecule has 0 aliphatic heterocycles. The van der Waals surface area contributed by atoms with Gasteiger partial charge in [-0.2, -0.15) is 5.10 Å². The summed E-state index contributed by atoms with van der Waals surface area (Å²) >= 11 is 1.71. The summed E-state index contributed by atoms with van der Waals surface area (Å²) in [5, 5.41) is 3.99. The number of nitrogens with zero attached hydrogens (tertiary/aromatic N) is 3. The van der Waals surface area contributed by atoms with Crippen molar-refractivity contribution in [2.75, 3.05) is 6.26 Å². The van der Waals surface area contributed by atoms with Gasteiger partial charge in [0.05, 0.1) is 0 Å². The SMILES string of the molecule is CSc1ccn2ncnc2c1. The maximum Gasteiger partial charge on any atom is 0.156 e. The van der Waals surface area contributed by atoms with E-state index in [4.69, 9.17) is 0 Å². The lowest BCUT2D eigenvalue weighted by molar-refractivity contribution is 0.953. The van der Waals surface area contributed by atoms with Crippen LogP contribution in [0.25, 0.3) is 5.65 Å². The lowest BCUT2D eigenvalue weighted by Gasteiger charge is -1.94. The van der Waals surface area contributed by atoms with Crippen molar-refractivity contribution in [2.45, 2.75) is 4.90 Å². The molecule has 2 aromatic rings. The first-order valence-corrected chi connectivity index (χ1v) is 4.46. The largest absolute Gasteiger partial charge is 0.221 e. The summed E-state index contributed by atoms with van der Waals surface area (Å²) in [6.45, 7) is 0. The molecule has 0 aromatic carbocycles. The van der Waals surface area contributed by atoms with Gasteiger partial charge in [0, 0.05) is 11.1 Å². The molecule has 0 saturated heterocycles. The monoisotopic (exact) mass is 165 g/mol. The molecule has 0 amide bonds. The molecule has 0 spiro atoms. The van der Waals surface area contributed by atoms with Crippen molar-refractivity contribution in [3.63, 3.8) is 0 Å². The summed E-state index contributed by atoms with van der Waals surface area (Å²) < 4.78 is 1.75. The molecule has 0 fully saturated rings. The Morgan fingerprint density at radius 1 is 1.55 bits per heavy atom. The Labute approximate surface area is 68.4 Å². The minimum Gasteiger partial charge on any atom is -0.221 e. The van der Waals surface area contributed by atoms with Crippen molar-refractivity contribution < 1.29 is 0 Å². The van der Waals surface area contributed by atoms with Gasteiger partial charge < -0.3 is 0 Å². The molecule has 3 nitrogen and oxygen atoms in total. The molecule has 2 aromatic heterocycles. The maximum absolute atomic E-state index is 4.07. The Kier molecular flexibility index (Phi) is 1.54. The summed E-state index contributed by atoms with van der Waals surface area (Å²) in [4.78, 5) is 5.28. The molecule has 0 N–H and O–H groups in total. The van der Waals surface area contributed by atoms with Gasteiger partial charge in [-0.3, -0.25) is 0 Å². The second-order valence-electron chi connectivity index (χ2n) is 2.13. The van der Waals surface area contributed by atoms with Crippen LogP contribution in [0.4, 0.5) is 0 Å². The Bertz CT molecular complexity index is 368. The Morgan fingerprint density at radius 3 is 3.27 bits per heavy atom. The molecular weight excluding hydrogens is 158 g/mol. The van der Waals surface area contributed by atoms with E-state index in [2.05, 4.69) is 10.1 Å². The Morgan fingerprint density at radius 2 is 2.45 bits per heavy atom. The van der Waals surface area contributed by atoms with E-state index in [9.17, 15) is 0 Å². The minimum atomic E-state index is 0.900. The smallest absolute Gasteiger partial charge is 0.156 e. The third-order valence-electron chi connectivity index (χ3n) is 1.49. The van der Waals surface area contributed by atoms with Crippen LogP contribution in [-0.2, 0) is 0 Å². The average molecular weight is 165 g/mol. The first kappa shape index (κ1) is 6.67. The van der Waals surface area contributed by atoms with Crippen LogP contribution in [0.15, 0.2) is 29.6 Å². The summed E-state index contributed by atoms with van der Waals surface area (Å²) in [6, 6.07) is 4.03. The van der Waals surface area contributed by atoms with Crippen molar-refractivity contribution in [3.8, 4) is 0 Å². The fourth-order valence-corrected chi connectivity index (χ4v) is 1.34. The minimum absolute atomic E-state index is 0.900. The number of rotatable bonds is 1. The van der Waals surface area contributed by atoms with Crippen LogP contribution in [0.2, 0.25) is 0 Å². The zero-order valence-corrected chi connectivity index (χ0v) is 6.88. The lowest BCUT2D eigenvalue weighted by Crippen LogP contribution is -1.85. The van der Waals surface area contributed by atoms with Crippen molar-refractivity contribution in [3.05, 3.63) is 24.7 Å². The number of pyridine rings is 1. The van der Waals surface area contributed by atoms with Crippen molar-refractivity contribution >= 4 is 17.4 Å². The van der Waals surface area contributed by atoms with Crippen LogP contribution in [0, 0.1) is 0 Å². The van der Waals surface area contributed by atoms with Gasteiger partial charge in [0.2, 0.25) is 0 Å². The van der Waals surface area contributed by atoms with Gasteiger partial charge >= 0.3 is 0 Å². The molecule has 11 heavy (non-hydrogen) atoms. The molecule has 0 atom stereocenters. The second kappa shape index (κ2) is 2.54. The predicted molar refractivity (Wildman–Crippen MR) is 44.8 cm³/mol. The molecule has 0 aliphatic carbocycles. The van der Waals surface area contributed by atoms with E-state index in [1.807, 2.05) is 24.6 Å². The van der Waals surface area contributed by atoms with Gasteiger partial charge in [-0.25, -0.2) is 9.50 Å². The molecule has 0 saturated carbocycles. The van der Waals surface area contributed by atoms with E-state index in [-0.39, 0.29) is 0 Å². The van der Waals surface area contributed by atoms with E-state index in [1.165, 1.54) is 4.90 Å². The molecule has 2 rings (SSSR count). The van der Waals surface area contributed by atoms with Crippen molar-refractivity contribution in [1.29, 1.82) is 0 Å². The molecule has 0 aliphatic rings. The van der Waals surface area contributed by atoms with Gasteiger partial charge in [-0.15, -0.1) is 11.8 Å². The van der Waals surface area contributed by atoms with Crippen LogP contribution >= 0.6 is 11.8 Å². The summed E-state index contributed by atoms with van der Waals surface area (Å²) in [6.07, 6.45) is 5.51. The highest BCUT2D eigenvalue weighted by atomic mass is 32.2. The van der Waals surface area contributed by atoms with Gasteiger partial charge in [0.15, 0.2) is 5.65 Å². The normalized spacial score (nSPS) is 10.6. The Hall–Kier alpha value is -1.03. The fraction of sp³-hybridized carbons (Fsp3) is 0.143. The van der Waals surface area contributed by atoms with Crippen molar-refractivity contribution in [1.82, 2.24) is 14.6 Å². The van der Waals surface area contributed by atoms with E-state index in [0.717, 1.165) is 5.65 Å². The second-order valence-corrected chi connectivity index (χ2v) is 3.01.